The average Bonchev–Trinajstić information content (AvgIpc) is 2.31. The lowest BCUT2D eigenvalue weighted by Gasteiger charge is -2.00. The summed E-state index contributed by atoms with van der Waals surface area (Å²) in [4.78, 5) is 8.63. The van der Waals surface area contributed by atoms with Gasteiger partial charge in [-0.25, -0.2) is 9.97 Å². The van der Waals surface area contributed by atoms with E-state index in [4.69, 9.17) is 0 Å². The van der Waals surface area contributed by atoms with Crippen LogP contribution in [-0.4, -0.2) is 14.5 Å². The highest BCUT2D eigenvalue weighted by atomic mass is 15.0. The molecule has 0 aliphatic heterocycles. The van der Waals surface area contributed by atoms with E-state index in [1.165, 1.54) is 0 Å². The largest absolute Gasteiger partial charge is 0.348 e. The van der Waals surface area contributed by atoms with E-state index in [1.54, 1.807) is 0 Å². The Bertz CT molecular complexity index is 429. The number of rotatable bonds is 0. The van der Waals surface area contributed by atoms with Crippen LogP contribution in [0.2, 0.25) is 0 Å². The van der Waals surface area contributed by atoms with Crippen molar-refractivity contribution in [2.24, 2.45) is 7.05 Å². The first-order valence-corrected chi connectivity index (χ1v) is 3.95. The zero-order chi connectivity index (χ0) is 8.72. The third-order valence-corrected chi connectivity index (χ3v) is 2.01. The fourth-order valence-electron chi connectivity index (χ4n) is 1.54. The Hall–Kier alpha value is -1.38. The lowest BCUT2D eigenvalue weighted by Crippen LogP contribution is -1.95. The van der Waals surface area contributed by atoms with Gasteiger partial charge in [-0.05, 0) is 19.9 Å². The van der Waals surface area contributed by atoms with Gasteiger partial charge in [-0.1, -0.05) is 0 Å². The average molecular weight is 161 g/mol. The fourth-order valence-corrected chi connectivity index (χ4v) is 1.54. The van der Waals surface area contributed by atoms with E-state index >= 15 is 0 Å². The van der Waals surface area contributed by atoms with Crippen molar-refractivity contribution in [2.75, 3.05) is 0 Å². The summed E-state index contributed by atoms with van der Waals surface area (Å²) < 4.78 is 2.05. The third kappa shape index (κ3) is 0.897. The Morgan fingerprint density at radius 3 is 2.75 bits per heavy atom. The van der Waals surface area contributed by atoms with Crippen molar-refractivity contribution in [1.29, 1.82) is 0 Å². The first-order valence-electron chi connectivity index (χ1n) is 3.95. The third-order valence-electron chi connectivity index (χ3n) is 2.01. The molecule has 0 saturated heterocycles. The van der Waals surface area contributed by atoms with Gasteiger partial charge >= 0.3 is 0 Å². The Balaban J connectivity index is 2.93. The van der Waals surface area contributed by atoms with Crippen molar-refractivity contribution in [3.8, 4) is 0 Å². The van der Waals surface area contributed by atoms with Crippen LogP contribution in [0.25, 0.3) is 11.0 Å². The van der Waals surface area contributed by atoms with Gasteiger partial charge in [0.25, 0.3) is 0 Å². The van der Waals surface area contributed by atoms with Crippen LogP contribution in [0.1, 0.15) is 11.5 Å². The van der Waals surface area contributed by atoms with Crippen molar-refractivity contribution in [3.05, 3.63) is 23.8 Å². The summed E-state index contributed by atoms with van der Waals surface area (Å²) in [6.07, 6.45) is 2.01. The summed E-state index contributed by atoms with van der Waals surface area (Å²) in [6, 6.07) is 2.01. The van der Waals surface area contributed by atoms with E-state index in [0.717, 1.165) is 22.6 Å². The maximum absolute atomic E-state index is 4.33. The normalized spacial score (nSPS) is 10.9. The maximum Gasteiger partial charge on any atom is 0.126 e. The minimum atomic E-state index is 0.839. The van der Waals surface area contributed by atoms with Crippen molar-refractivity contribution < 1.29 is 0 Å². The molecule has 0 unspecified atom stereocenters. The van der Waals surface area contributed by atoms with Gasteiger partial charge in [0.2, 0.25) is 0 Å². The highest BCUT2D eigenvalue weighted by Crippen LogP contribution is 2.14. The number of aryl methyl sites for hydroxylation is 3. The molecule has 12 heavy (non-hydrogen) atoms. The highest BCUT2D eigenvalue weighted by molar-refractivity contribution is 5.77. The molecule has 0 bridgehead atoms. The van der Waals surface area contributed by atoms with Crippen LogP contribution in [0.3, 0.4) is 0 Å². The molecular formula is C9H11N3. The molecule has 0 spiro atoms. The summed E-state index contributed by atoms with van der Waals surface area (Å²) >= 11 is 0. The smallest absolute Gasteiger partial charge is 0.126 e. The summed E-state index contributed by atoms with van der Waals surface area (Å²) in [5.74, 6) is 0.839. The molecule has 3 nitrogen and oxygen atoms in total. The van der Waals surface area contributed by atoms with Gasteiger partial charge in [0.05, 0.1) is 16.7 Å². The van der Waals surface area contributed by atoms with Crippen LogP contribution in [0.5, 0.6) is 0 Å². The monoisotopic (exact) mass is 161 g/mol. The van der Waals surface area contributed by atoms with Crippen molar-refractivity contribution >= 4 is 11.0 Å². The van der Waals surface area contributed by atoms with Gasteiger partial charge in [-0.2, -0.15) is 0 Å². The van der Waals surface area contributed by atoms with Crippen LogP contribution >= 0.6 is 0 Å². The van der Waals surface area contributed by atoms with Crippen LogP contribution in [-0.2, 0) is 7.05 Å². The Labute approximate surface area is 71.1 Å². The first kappa shape index (κ1) is 7.28. The zero-order valence-corrected chi connectivity index (χ0v) is 7.50. The second kappa shape index (κ2) is 2.30. The predicted molar refractivity (Wildman–Crippen MR) is 48.0 cm³/mol. The molecule has 0 fully saturated rings. The second-order valence-electron chi connectivity index (χ2n) is 3.02. The second-order valence-corrected chi connectivity index (χ2v) is 3.02. The molecule has 0 aliphatic rings. The Morgan fingerprint density at radius 1 is 1.25 bits per heavy atom. The standard InChI is InChI=1S/C9H11N3/c1-6-9-8(4-5-12(9)3)11-7(2)10-6/h4-5H,1-3H3. The van der Waals surface area contributed by atoms with E-state index in [9.17, 15) is 0 Å². The van der Waals surface area contributed by atoms with E-state index < -0.39 is 0 Å². The molecule has 62 valence electrons. The lowest BCUT2D eigenvalue weighted by molar-refractivity contribution is 0.943. The Kier molecular flexibility index (Phi) is 1.40. The quantitative estimate of drug-likeness (QED) is 0.587. The van der Waals surface area contributed by atoms with Gasteiger partial charge in [-0.15, -0.1) is 0 Å². The van der Waals surface area contributed by atoms with Crippen molar-refractivity contribution in [3.63, 3.8) is 0 Å². The number of hydrogen-bond donors (Lipinski definition) is 0. The van der Waals surface area contributed by atoms with Gasteiger partial charge in [0, 0.05) is 13.2 Å². The van der Waals surface area contributed by atoms with E-state index in [-0.39, 0.29) is 0 Å². The molecule has 2 rings (SSSR count). The summed E-state index contributed by atoms with van der Waals surface area (Å²) in [5, 5.41) is 0. The lowest BCUT2D eigenvalue weighted by atomic mass is 10.3. The molecule has 0 aromatic carbocycles. The van der Waals surface area contributed by atoms with Gasteiger partial charge < -0.3 is 4.57 Å². The molecule has 0 radical (unpaired) electrons. The minimum absolute atomic E-state index is 0.839. The molecule has 2 aromatic heterocycles. The van der Waals surface area contributed by atoms with Crippen molar-refractivity contribution in [2.45, 2.75) is 13.8 Å². The van der Waals surface area contributed by atoms with Crippen LogP contribution in [0.15, 0.2) is 12.3 Å². The van der Waals surface area contributed by atoms with Crippen molar-refractivity contribution in [1.82, 2.24) is 14.5 Å². The number of hydrogen-bond acceptors (Lipinski definition) is 2. The number of nitrogens with zero attached hydrogens (tertiary/aromatic N) is 3. The van der Waals surface area contributed by atoms with E-state index in [1.807, 2.05) is 37.7 Å². The number of fused-ring (bicyclic) bond motifs is 1. The molecule has 2 aromatic rings. The molecule has 0 N–H and O–H groups in total. The maximum atomic E-state index is 4.33. The first-order chi connectivity index (χ1) is 5.68. The molecule has 0 atom stereocenters. The Morgan fingerprint density at radius 2 is 2.00 bits per heavy atom. The molecule has 0 aliphatic carbocycles. The minimum Gasteiger partial charge on any atom is -0.348 e. The van der Waals surface area contributed by atoms with E-state index in [2.05, 4.69) is 9.97 Å². The van der Waals surface area contributed by atoms with Gasteiger partial charge in [0.1, 0.15) is 5.82 Å². The summed E-state index contributed by atoms with van der Waals surface area (Å²) in [6.45, 7) is 3.93. The predicted octanol–water partition coefficient (Wildman–Crippen LogP) is 1.59. The topological polar surface area (TPSA) is 30.7 Å². The van der Waals surface area contributed by atoms with Crippen LogP contribution < -0.4 is 0 Å². The zero-order valence-electron chi connectivity index (χ0n) is 7.50. The summed E-state index contributed by atoms with van der Waals surface area (Å²) in [5.41, 5.74) is 3.20. The van der Waals surface area contributed by atoms with Crippen LogP contribution in [0.4, 0.5) is 0 Å². The number of aromatic nitrogens is 3. The van der Waals surface area contributed by atoms with Crippen LogP contribution in [0, 0.1) is 13.8 Å². The summed E-state index contributed by atoms with van der Waals surface area (Å²) in [7, 11) is 2.01. The molecule has 0 saturated carbocycles. The molecule has 2 heterocycles. The SMILES string of the molecule is Cc1nc(C)c2c(ccn2C)n1. The highest BCUT2D eigenvalue weighted by Gasteiger charge is 2.03. The molecule has 3 heteroatoms. The van der Waals surface area contributed by atoms with E-state index in [0.29, 0.717) is 0 Å². The van der Waals surface area contributed by atoms with Gasteiger partial charge in [0.15, 0.2) is 0 Å². The van der Waals surface area contributed by atoms with Gasteiger partial charge in [-0.3, -0.25) is 0 Å². The molecule has 0 amide bonds. The fraction of sp³-hybridized carbons (Fsp3) is 0.333. The molecular weight excluding hydrogens is 150 g/mol.